The lowest BCUT2D eigenvalue weighted by molar-refractivity contribution is -0.122. The van der Waals surface area contributed by atoms with Gasteiger partial charge in [-0.05, 0) is 37.6 Å². The number of nitrogens with zero attached hydrogens (tertiary/aromatic N) is 1. The fraction of sp³-hybridized carbons (Fsp3) is 0.462. The van der Waals surface area contributed by atoms with Gasteiger partial charge in [0.1, 0.15) is 11.9 Å². The van der Waals surface area contributed by atoms with Crippen molar-refractivity contribution in [2.45, 2.75) is 26.3 Å². The van der Waals surface area contributed by atoms with E-state index in [2.05, 4.69) is 5.32 Å². The maximum Gasteiger partial charge on any atom is 0.243 e. The second-order valence-electron chi connectivity index (χ2n) is 4.35. The highest BCUT2D eigenvalue weighted by Gasteiger charge is 2.30. The molecule has 0 heterocycles. The Kier molecular flexibility index (Phi) is 5.50. The van der Waals surface area contributed by atoms with Gasteiger partial charge >= 0.3 is 0 Å². The number of rotatable bonds is 6. The number of anilines is 1. The van der Waals surface area contributed by atoms with Gasteiger partial charge < -0.3 is 5.32 Å². The Morgan fingerprint density at radius 2 is 1.85 bits per heavy atom. The Bertz CT molecular complexity index is 557. The van der Waals surface area contributed by atoms with Crippen LogP contribution in [0.2, 0.25) is 0 Å². The van der Waals surface area contributed by atoms with E-state index in [1.165, 1.54) is 12.1 Å². The predicted molar refractivity (Wildman–Crippen MR) is 76.5 cm³/mol. The zero-order valence-electron chi connectivity index (χ0n) is 11.8. The van der Waals surface area contributed by atoms with E-state index in [-0.39, 0.29) is 11.6 Å². The van der Waals surface area contributed by atoms with E-state index in [0.29, 0.717) is 13.0 Å². The molecule has 0 saturated heterocycles. The maximum absolute atomic E-state index is 13.0. The standard InChI is InChI=1S/C13H19FN2O3S/c1-4-12(13(17)15-5-2)16(20(3,18)19)11-8-6-10(14)7-9-11/h6-9,12H,4-5H2,1-3H3,(H,15,17). The number of halogens is 1. The largest absolute Gasteiger partial charge is 0.355 e. The Balaban J connectivity index is 3.25. The van der Waals surface area contributed by atoms with Crippen LogP contribution < -0.4 is 9.62 Å². The molecular weight excluding hydrogens is 283 g/mol. The molecule has 1 atom stereocenters. The zero-order valence-corrected chi connectivity index (χ0v) is 12.6. The van der Waals surface area contributed by atoms with Crippen molar-refractivity contribution in [3.63, 3.8) is 0 Å². The first-order chi connectivity index (χ1) is 9.31. The summed E-state index contributed by atoms with van der Waals surface area (Å²) in [6, 6.07) is 4.17. The molecule has 5 nitrogen and oxygen atoms in total. The smallest absolute Gasteiger partial charge is 0.243 e. The van der Waals surface area contributed by atoms with Crippen LogP contribution in [-0.4, -0.2) is 33.2 Å². The fourth-order valence-electron chi connectivity index (χ4n) is 1.94. The topological polar surface area (TPSA) is 66.5 Å². The summed E-state index contributed by atoms with van der Waals surface area (Å²) in [6.45, 7) is 3.89. The van der Waals surface area contributed by atoms with E-state index in [9.17, 15) is 17.6 Å². The van der Waals surface area contributed by atoms with E-state index in [1.54, 1.807) is 13.8 Å². The van der Waals surface area contributed by atoms with Crippen molar-refractivity contribution in [2.75, 3.05) is 17.1 Å². The van der Waals surface area contributed by atoms with Crippen LogP contribution in [0.4, 0.5) is 10.1 Å². The number of carbonyl (C=O) groups is 1. The number of carbonyl (C=O) groups excluding carboxylic acids is 1. The van der Waals surface area contributed by atoms with Gasteiger partial charge in [-0.25, -0.2) is 12.8 Å². The highest BCUT2D eigenvalue weighted by Crippen LogP contribution is 2.22. The number of amides is 1. The third-order valence-corrected chi connectivity index (χ3v) is 3.94. The Morgan fingerprint density at radius 1 is 1.30 bits per heavy atom. The molecule has 0 saturated carbocycles. The van der Waals surface area contributed by atoms with Crippen molar-refractivity contribution < 1.29 is 17.6 Å². The number of likely N-dealkylation sites (N-methyl/N-ethyl adjacent to an activating group) is 1. The Labute approximate surface area is 118 Å². The Morgan fingerprint density at radius 3 is 2.25 bits per heavy atom. The van der Waals surface area contributed by atoms with Crippen molar-refractivity contribution in [3.05, 3.63) is 30.1 Å². The van der Waals surface area contributed by atoms with Crippen molar-refractivity contribution in [1.82, 2.24) is 5.32 Å². The average Bonchev–Trinajstić information content (AvgIpc) is 2.36. The summed E-state index contributed by atoms with van der Waals surface area (Å²) in [6.07, 6.45) is 1.34. The summed E-state index contributed by atoms with van der Waals surface area (Å²) in [5.41, 5.74) is 0.270. The molecule has 0 fully saturated rings. The van der Waals surface area contributed by atoms with Crippen LogP contribution in [-0.2, 0) is 14.8 Å². The second-order valence-corrected chi connectivity index (χ2v) is 6.21. The lowest BCUT2D eigenvalue weighted by Gasteiger charge is -2.29. The molecule has 1 amide bonds. The molecule has 1 N–H and O–H groups in total. The molecule has 0 aliphatic heterocycles. The van der Waals surface area contributed by atoms with E-state index in [4.69, 9.17) is 0 Å². The molecular formula is C13H19FN2O3S. The minimum absolute atomic E-state index is 0.270. The van der Waals surface area contributed by atoms with Gasteiger partial charge in [-0.3, -0.25) is 9.10 Å². The van der Waals surface area contributed by atoms with E-state index < -0.39 is 21.9 Å². The summed E-state index contributed by atoms with van der Waals surface area (Å²) in [4.78, 5) is 12.0. The van der Waals surface area contributed by atoms with E-state index in [0.717, 1.165) is 22.7 Å². The van der Waals surface area contributed by atoms with Gasteiger partial charge in [0.25, 0.3) is 0 Å². The number of sulfonamides is 1. The minimum atomic E-state index is -3.66. The van der Waals surface area contributed by atoms with Crippen LogP contribution in [0.15, 0.2) is 24.3 Å². The van der Waals surface area contributed by atoms with Gasteiger partial charge in [-0.1, -0.05) is 6.92 Å². The Hall–Kier alpha value is -1.63. The molecule has 0 radical (unpaired) electrons. The van der Waals surface area contributed by atoms with Gasteiger partial charge in [0.15, 0.2) is 0 Å². The first-order valence-corrected chi connectivity index (χ1v) is 8.18. The number of hydrogen-bond donors (Lipinski definition) is 1. The van der Waals surface area contributed by atoms with Crippen molar-refractivity contribution >= 4 is 21.6 Å². The maximum atomic E-state index is 13.0. The van der Waals surface area contributed by atoms with E-state index in [1.807, 2.05) is 0 Å². The first-order valence-electron chi connectivity index (χ1n) is 6.34. The van der Waals surface area contributed by atoms with Crippen LogP contribution >= 0.6 is 0 Å². The summed E-state index contributed by atoms with van der Waals surface area (Å²) < 4.78 is 37.9. The monoisotopic (exact) mass is 302 g/mol. The van der Waals surface area contributed by atoms with Crippen LogP contribution in [0.3, 0.4) is 0 Å². The van der Waals surface area contributed by atoms with Gasteiger partial charge in [0.2, 0.25) is 15.9 Å². The van der Waals surface area contributed by atoms with Crippen molar-refractivity contribution in [3.8, 4) is 0 Å². The van der Waals surface area contributed by atoms with Gasteiger partial charge in [0.05, 0.1) is 11.9 Å². The molecule has 1 aromatic carbocycles. The first kappa shape index (κ1) is 16.4. The summed E-state index contributed by atoms with van der Waals surface area (Å²) in [5, 5.41) is 2.61. The minimum Gasteiger partial charge on any atom is -0.355 e. The molecule has 0 aliphatic rings. The quantitative estimate of drug-likeness (QED) is 0.866. The third-order valence-electron chi connectivity index (χ3n) is 2.76. The SMILES string of the molecule is CCNC(=O)C(CC)N(c1ccc(F)cc1)S(C)(=O)=O. The van der Waals surface area contributed by atoms with Crippen LogP contribution in [0.25, 0.3) is 0 Å². The van der Waals surface area contributed by atoms with Gasteiger partial charge in [-0.2, -0.15) is 0 Å². The fourth-order valence-corrected chi connectivity index (χ4v) is 3.15. The molecule has 7 heteroatoms. The lowest BCUT2D eigenvalue weighted by Crippen LogP contribution is -2.49. The van der Waals surface area contributed by atoms with Crippen LogP contribution in [0, 0.1) is 5.82 Å². The van der Waals surface area contributed by atoms with Gasteiger partial charge in [0, 0.05) is 6.54 Å². The molecule has 0 aliphatic carbocycles. The van der Waals surface area contributed by atoms with Crippen LogP contribution in [0.5, 0.6) is 0 Å². The highest BCUT2D eigenvalue weighted by molar-refractivity contribution is 7.92. The molecule has 0 aromatic heterocycles. The highest BCUT2D eigenvalue weighted by atomic mass is 32.2. The predicted octanol–water partition coefficient (Wildman–Crippen LogP) is 1.51. The molecule has 0 bridgehead atoms. The van der Waals surface area contributed by atoms with E-state index >= 15 is 0 Å². The molecule has 1 unspecified atom stereocenters. The summed E-state index contributed by atoms with van der Waals surface area (Å²) in [7, 11) is -3.66. The normalized spacial score (nSPS) is 12.8. The summed E-state index contributed by atoms with van der Waals surface area (Å²) >= 11 is 0. The van der Waals surface area contributed by atoms with Crippen molar-refractivity contribution in [2.24, 2.45) is 0 Å². The average molecular weight is 302 g/mol. The van der Waals surface area contributed by atoms with Gasteiger partial charge in [-0.15, -0.1) is 0 Å². The number of hydrogen-bond acceptors (Lipinski definition) is 3. The molecule has 1 rings (SSSR count). The lowest BCUT2D eigenvalue weighted by atomic mass is 10.2. The summed E-state index contributed by atoms with van der Waals surface area (Å²) in [5.74, 6) is -0.835. The van der Waals surface area contributed by atoms with Crippen LogP contribution in [0.1, 0.15) is 20.3 Å². The third kappa shape index (κ3) is 3.93. The molecule has 112 valence electrons. The zero-order chi connectivity index (χ0) is 15.3. The molecule has 0 spiro atoms. The number of benzene rings is 1. The van der Waals surface area contributed by atoms with Crippen molar-refractivity contribution in [1.29, 1.82) is 0 Å². The number of nitrogens with one attached hydrogen (secondary N) is 1. The second kappa shape index (κ2) is 6.69. The molecule has 20 heavy (non-hydrogen) atoms. The molecule has 1 aromatic rings.